The van der Waals surface area contributed by atoms with Crippen molar-refractivity contribution in [2.24, 2.45) is 16.7 Å². The summed E-state index contributed by atoms with van der Waals surface area (Å²) in [6.07, 6.45) is 9.80. The van der Waals surface area contributed by atoms with E-state index in [-0.39, 0.29) is 0 Å². The fraction of sp³-hybridized carbons (Fsp3) is 1.00. The van der Waals surface area contributed by atoms with E-state index in [1.165, 1.54) is 44.9 Å². The number of hydrogen-bond acceptors (Lipinski definition) is 1. The Balaban J connectivity index is 1.95. The minimum absolute atomic E-state index is 0.511. The summed E-state index contributed by atoms with van der Waals surface area (Å²) in [5, 5.41) is 4.02. The lowest BCUT2D eigenvalue weighted by Gasteiger charge is -2.47. The minimum Gasteiger partial charge on any atom is -0.311 e. The predicted molar refractivity (Wildman–Crippen MR) is 79.8 cm³/mol. The lowest BCUT2D eigenvalue weighted by atomic mass is 9.63. The highest BCUT2D eigenvalue weighted by Crippen LogP contribution is 2.46. The second kappa shape index (κ2) is 5.15. The molecule has 0 radical (unpaired) electrons. The Kier molecular flexibility index (Phi) is 4.11. The van der Waals surface area contributed by atoms with E-state index in [0.29, 0.717) is 10.8 Å². The van der Waals surface area contributed by atoms with Gasteiger partial charge in [-0.1, -0.05) is 47.5 Å². The van der Waals surface area contributed by atoms with Gasteiger partial charge in [0.1, 0.15) is 0 Å². The van der Waals surface area contributed by atoms with Crippen molar-refractivity contribution in [2.75, 3.05) is 0 Å². The Hall–Kier alpha value is -0.0400. The van der Waals surface area contributed by atoms with Crippen LogP contribution >= 0.6 is 0 Å². The largest absolute Gasteiger partial charge is 0.311 e. The van der Waals surface area contributed by atoms with Crippen LogP contribution in [0.5, 0.6) is 0 Å². The predicted octanol–water partition coefficient (Wildman–Crippen LogP) is 4.76. The van der Waals surface area contributed by atoms with Gasteiger partial charge in [-0.05, 0) is 48.9 Å². The van der Waals surface area contributed by atoms with Gasteiger partial charge in [0.2, 0.25) is 0 Å². The first-order valence-corrected chi connectivity index (χ1v) is 8.04. The zero-order valence-corrected chi connectivity index (χ0v) is 13.2. The topological polar surface area (TPSA) is 12.0 Å². The maximum Gasteiger partial charge on any atom is 0.00952 e. The maximum atomic E-state index is 4.02. The molecule has 18 heavy (non-hydrogen) atoms. The molecular weight excluding hydrogens is 218 g/mol. The van der Waals surface area contributed by atoms with Crippen molar-refractivity contribution in [1.82, 2.24) is 5.32 Å². The Labute approximate surface area is 114 Å². The summed E-state index contributed by atoms with van der Waals surface area (Å²) in [5.74, 6) is 0.881. The van der Waals surface area contributed by atoms with E-state index in [1.807, 2.05) is 0 Å². The lowest BCUT2D eigenvalue weighted by molar-refractivity contribution is 0.0729. The van der Waals surface area contributed by atoms with E-state index in [4.69, 9.17) is 0 Å². The van der Waals surface area contributed by atoms with Gasteiger partial charge in [0, 0.05) is 12.1 Å². The van der Waals surface area contributed by atoms with Crippen molar-refractivity contribution < 1.29 is 0 Å². The summed E-state index contributed by atoms with van der Waals surface area (Å²) in [6.45, 7) is 12.2. The molecular formula is C17H33N. The van der Waals surface area contributed by atoms with Gasteiger partial charge in [0.05, 0.1) is 0 Å². The summed E-state index contributed by atoms with van der Waals surface area (Å²) in [7, 11) is 0. The third-order valence-corrected chi connectivity index (χ3v) is 5.12. The molecule has 2 unspecified atom stereocenters. The minimum atomic E-state index is 0.511. The average molecular weight is 251 g/mol. The summed E-state index contributed by atoms with van der Waals surface area (Å²) in [4.78, 5) is 0. The summed E-state index contributed by atoms with van der Waals surface area (Å²) in [5.41, 5.74) is 1.02. The zero-order chi connectivity index (χ0) is 13.4. The van der Waals surface area contributed by atoms with E-state index in [1.54, 1.807) is 0 Å². The Morgan fingerprint density at radius 1 is 0.889 bits per heavy atom. The fourth-order valence-electron chi connectivity index (χ4n) is 4.83. The van der Waals surface area contributed by atoms with Crippen LogP contribution in [0.4, 0.5) is 0 Å². The van der Waals surface area contributed by atoms with Gasteiger partial charge in [0.15, 0.2) is 0 Å². The highest BCUT2D eigenvalue weighted by atomic mass is 15.0. The highest BCUT2D eigenvalue weighted by Gasteiger charge is 2.39. The van der Waals surface area contributed by atoms with Gasteiger partial charge < -0.3 is 5.32 Å². The molecule has 0 aliphatic heterocycles. The molecule has 2 aliphatic carbocycles. The Morgan fingerprint density at radius 2 is 1.44 bits per heavy atom. The summed E-state index contributed by atoms with van der Waals surface area (Å²) < 4.78 is 0. The van der Waals surface area contributed by atoms with Crippen LogP contribution in [-0.2, 0) is 0 Å². The molecule has 2 aliphatic rings. The second-order valence-electron chi connectivity index (χ2n) is 8.65. The molecule has 0 spiro atoms. The van der Waals surface area contributed by atoms with Crippen LogP contribution < -0.4 is 5.32 Å². The second-order valence-corrected chi connectivity index (χ2v) is 8.65. The third kappa shape index (κ3) is 3.73. The Bertz CT molecular complexity index is 263. The zero-order valence-electron chi connectivity index (χ0n) is 13.2. The first kappa shape index (κ1) is 14.4. The molecule has 0 amide bonds. The smallest absolute Gasteiger partial charge is 0.00952 e. The molecule has 1 heteroatoms. The SMILES string of the molecule is CC1CCCCC1NC1CC(C)(C)CC(C)(C)C1. The van der Waals surface area contributed by atoms with Gasteiger partial charge in [-0.3, -0.25) is 0 Å². The summed E-state index contributed by atoms with van der Waals surface area (Å²) >= 11 is 0. The molecule has 0 aromatic carbocycles. The Morgan fingerprint density at radius 3 is 2.00 bits per heavy atom. The van der Waals surface area contributed by atoms with Gasteiger partial charge >= 0.3 is 0 Å². The quantitative estimate of drug-likeness (QED) is 0.746. The molecule has 2 saturated carbocycles. The van der Waals surface area contributed by atoms with Gasteiger partial charge in [0.25, 0.3) is 0 Å². The first-order valence-electron chi connectivity index (χ1n) is 8.04. The van der Waals surface area contributed by atoms with Crippen molar-refractivity contribution in [3.63, 3.8) is 0 Å². The van der Waals surface area contributed by atoms with Crippen molar-refractivity contribution in [2.45, 2.75) is 91.6 Å². The van der Waals surface area contributed by atoms with Crippen LogP contribution in [0.3, 0.4) is 0 Å². The molecule has 0 heterocycles. The van der Waals surface area contributed by atoms with Gasteiger partial charge in [-0.15, -0.1) is 0 Å². The number of nitrogens with one attached hydrogen (secondary N) is 1. The molecule has 0 saturated heterocycles. The third-order valence-electron chi connectivity index (χ3n) is 5.12. The van der Waals surface area contributed by atoms with Crippen LogP contribution in [0.25, 0.3) is 0 Å². The molecule has 1 N–H and O–H groups in total. The standard InChI is InChI=1S/C17H33N/c1-13-8-6-7-9-15(13)18-14-10-16(2,3)12-17(4,5)11-14/h13-15,18H,6-12H2,1-5H3. The van der Waals surface area contributed by atoms with Crippen LogP contribution in [0, 0.1) is 16.7 Å². The van der Waals surface area contributed by atoms with Crippen molar-refractivity contribution in [3.05, 3.63) is 0 Å². The van der Waals surface area contributed by atoms with E-state index in [2.05, 4.69) is 39.9 Å². The van der Waals surface area contributed by atoms with E-state index < -0.39 is 0 Å². The van der Waals surface area contributed by atoms with Crippen molar-refractivity contribution >= 4 is 0 Å². The average Bonchev–Trinajstić information content (AvgIpc) is 2.16. The summed E-state index contributed by atoms with van der Waals surface area (Å²) in [6, 6.07) is 1.53. The molecule has 106 valence electrons. The fourth-order valence-corrected chi connectivity index (χ4v) is 4.83. The normalized spacial score (nSPS) is 36.5. The molecule has 0 aromatic rings. The van der Waals surface area contributed by atoms with E-state index >= 15 is 0 Å². The van der Waals surface area contributed by atoms with E-state index in [0.717, 1.165) is 18.0 Å². The maximum absolute atomic E-state index is 4.02. The van der Waals surface area contributed by atoms with Crippen LogP contribution in [0.1, 0.15) is 79.6 Å². The van der Waals surface area contributed by atoms with Gasteiger partial charge in [-0.2, -0.15) is 0 Å². The van der Waals surface area contributed by atoms with Gasteiger partial charge in [-0.25, -0.2) is 0 Å². The number of rotatable bonds is 2. The lowest BCUT2D eigenvalue weighted by Crippen LogP contribution is -2.49. The highest BCUT2D eigenvalue weighted by molar-refractivity contribution is 4.94. The molecule has 0 bridgehead atoms. The number of hydrogen-bond donors (Lipinski definition) is 1. The molecule has 0 aromatic heterocycles. The molecule has 1 nitrogen and oxygen atoms in total. The van der Waals surface area contributed by atoms with Crippen LogP contribution in [-0.4, -0.2) is 12.1 Å². The monoisotopic (exact) mass is 251 g/mol. The molecule has 2 atom stereocenters. The molecule has 2 rings (SSSR count). The van der Waals surface area contributed by atoms with Crippen LogP contribution in [0.2, 0.25) is 0 Å². The molecule has 2 fully saturated rings. The first-order chi connectivity index (χ1) is 8.27. The van der Waals surface area contributed by atoms with Crippen molar-refractivity contribution in [1.29, 1.82) is 0 Å². The van der Waals surface area contributed by atoms with Crippen molar-refractivity contribution in [3.8, 4) is 0 Å². The van der Waals surface area contributed by atoms with E-state index in [9.17, 15) is 0 Å². The van der Waals surface area contributed by atoms with Crippen LogP contribution in [0.15, 0.2) is 0 Å².